The average molecular weight is 283 g/mol. The number of halogens is 1. The second-order valence-electron chi connectivity index (χ2n) is 4.80. The highest BCUT2D eigenvalue weighted by Gasteiger charge is 2.21. The minimum atomic E-state index is -0.0434. The molecule has 19 heavy (non-hydrogen) atoms. The molecule has 1 amide bonds. The molecule has 0 radical (unpaired) electrons. The largest absolute Gasteiger partial charge is 0.506 e. The number of likely N-dealkylation sites (N-methyl/N-ethyl adjacent to an activating group) is 1. The van der Waals surface area contributed by atoms with Crippen LogP contribution in [0.4, 0.5) is 0 Å². The number of benzene rings is 1. The smallest absolute Gasteiger partial charge is 0.253 e. The number of hydrogen-bond acceptors (Lipinski definition) is 3. The van der Waals surface area contributed by atoms with Crippen molar-refractivity contribution in [3.05, 3.63) is 28.8 Å². The quantitative estimate of drug-likeness (QED) is 0.891. The first-order chi connectivity index (χ1) is 9.11. The van der Waals surface area contributed by atoms with Gasteiger partial charge in [0.25, 0.3) is 5.91 Å². The molecule has 2 rings (SSSR count). The molecule has 0 aliphatic carbocycles. The van der Waals surface area contributed by atoms with E-state index >= 15 is 0 Å². The summed E-state index contributed by atoms with van der Waals surface area (Å²) in [7, 11) is 0. The summed E-state index contributed by atoms with van der Waals surface area (Å²) in [5, 5.41) is 13.0. The first-order valence-electron chi connectivity index (χ1n) is 6.63. The van der Waals surface area contributed by atoms with Crippen LogP contribution in [0.15, 0.2) is 18.2 Å². The molecule has 0 spiro atoms. The monoisotopic (exact) mass is 282 g/mol. The number of hydrogen-bond donors (Lipinski definition) is 2. The molecule has 1 atom stereocenters. The van der Waals surface area contributed by atoms with E-state index in [4.69, 9.17) is 11.6 Å². The van der Waals surface area contributed by atoms with Crippen molar-refractivity contribution in [1.82, 2.24) is 10.2 Å². The molecule has 1 aromatic rings. The van der Waals surface area contributed by atoms with Crippen molar-refractivity contribution < 1.29 is 9.90 Å². The zero-order chi connectivity index (χ0) is 13.8. The Labute approximate surface area is 118 Å². The van der Waals surface area contributed by atoms with Crippen molar-refractivity contribution in [3.8, 4) is 5.75 Å². The van der Waals surface area contributed by atoms with Gasteiger partial charge < -0.3 is 15.3 Å². The summed E-state index contributed by atoms with van der Waals surface area (Å²) in [5.74, 6) is -0.0446. The van der Waals surface area contributed by atoms with Crippen LogP contribution in [0.3, 0.4) is 0 Å². The van der Waals surface area contributed by atoms with Gasteiger partial charge in [-0.15, -0.1) is 0 Å². The van der Waals surface area contributed by atoms with Gasteiger partial charge in [-0.1, -0.05) is 11.6 Å². The summed E-state index contributed by atoms with van der Waals surface area (Å²) in [6.45, 7) is 4.37. The molecular formula is C14H19ClN2O2. The highest BCUT2D eigenvalue weighted by Crippen LogP contribution is 2.24. The average Bonchev–Trinajstić information content (AvgIpc) is 2.91. The number of phenols is 1. The Morgan fingerprint density at radius 2 is 2.37 bits per heavy atom. The molecule has 1 aromatic carbocycles. The van der Waals surface area contributed by atoms with Crippen LogP contribution in [0.5, 0.6) is 5.75 Å². The highest BCUT2D eigenvalue weighted by molar-refractivity contribution is 6.32. The third kappa shape index (κ3) is 3.39. The van der Waals surface area contributed by atoms with E-state index in [0.29, 0.717) is 24.7 Å². The van der Waals surface area contributed by atoms with Crippen LogP contribution in [0, 0.1) is 0 Å². The van der Waals surface area contributed by atoms with E-state index in [0.717, 1.165) is 13.0 Å². The Bertz CT molecular complexity index is 459. The van der Waals surface area contributed by atoms with Crippen LogP contribution in [0.1, 0.15) is 30.1 Å². The summed E-state index contributed by atoms with van der Waals surface area (Å²) in [5.41, 5.74) is 0.516. The fourth-order valence-electron chi connectivity index (χ4n) is 2.36. The molecule has 2 N–H and O–H groups in total. The SMILES string of the molecule is CCN(CC1CCCN1)C(=O)c1ccc(O)c(Cl)c1. The van der Waals surface area contributed by atoms with Gasteiger partial charge in [0.2, 0.25) is 0 Å². The molecular weight excluding hydrogens is 264 g/mol. The first-order valence-corrected chi connectivity index (χ1v) is 7.00. The molecule has 0 bridgehead atoms. The minimum absolute atomic E-state index is 0.00118. The van der Waals surface area contributed by atoms with Gasteiger partial charge in [0, 0.05) is 24.7 Å². The van der Waals surface area contributed by atoms with Crippen LogP contribution in [0.2, 0.25) is 5.02 Å². The van der Waals surface area contributed by atoms with Gasteiger partial charge >= 0.3 is 0 Å². The van der Waals surface area contributed by atoms with Gasteiger partial charge in [0.1, 0.15) is 5.75 Å². The predicted octanol–water partition coefficient (Wildman–Crippen LogP) is 2.26. The molecule has 1 aliphatic heterocycles. The fourth-order valence-corrected chi connectivity index (χ4v) is 2.54. The van der Waals surface area contributed by atoms with Crippen LogP contribution in [-0.2, 0) is 0 Å². The summed E-state index contributed by atoms with van der Waals surface area (Å²) < 4.78 is 0. The molecule has 5 heteroatoms. The maximum Gasteiger partial charge on any atom is 0.253 e. The van der Waals surface area contributed by atoms with Crippen molar-refractivity contribution in [1.29, 1.82) is 0 Å². The molecule has 4 nitrogen and oxygen atoms in total. The Kier molecular flexibility index (Phi) is 4.66. The van der Waals surface area contributed by atoms with E-state index in [-0.39, 0.29) is 16.7 Å². The number of nitrogens with one attached hydrogen (secondary N) is 1. The van der Waals surface area contributed by atoms with Gasteiger partial charge in [-0.2, -0.15) is 0 Å². The lowest BCUT2D eigenvalue weighted by molar-refractivity contribution is 0.0751. The normalized spacial score (nSPS) is 18.5. The molecule has 1 saturated heterocycles. The van der Waals surface area contributed by atoms with Crippen molar-refractivity contribution >= 4 is 17.5 Å². The highest BCUT2D eigenvalue weighted by atomic mass is 35.5. The van der Waals surface area contributed by atoms with E-state index in [2.05, 4.69) is 5.32 Å². The fraction of sp³-hybridized carbons (Fsp3) is 0.500. The first kappa shape index (κ1) is 14.2. The number of aromatic hydroxyl groups is 1. The molecule has 0 saturated carbocycles. The lowest BCUT2D eigenvalue weighted by Crippen LogP contribution is -2.41. The number of phenolic OH excluding ortho intramolecular Hbond substituents is 1. The predicted molar refractivity (Wildman–Crippen MR) is 75.7 cm³/mol. The standard InChI is InChI=1S/C14H19ClN2O2/c1-2-17(9-11-4-3-7-16-11)14(19)10-5-6-13(18)12(15)8-10/h5-6,8,11,16,18H,2-4,7,9H2,1H3. The van der Waals surface area contributed by atoms with Gasteiger partial charge in [-0.3, -0.25) is 4.79 Å². The Balaban J connectivity index is 2.08. The number of carbonyl (C=O) groups excluding carboxylic acids is 1. The van der Waals surface area contributed by atoms with E-state index < -0.39 is 0 Å². The van der Waals surface area contributed by atoms with Crippen LogP contribution < -0.4 is 5.32 Å². The van der Waals surface area contributed by atoms with Crippen molar-refractivity contribution in [2.24, 2.45) is 0 Å². The molecule has 1 heterocycles. The second-order valence-corrected chi connectivity index (χ2v) is 5.21. The number of carbonyl (C=O) groups is 1. The molecule has 1 unspecified atom stereocenters. The van der Waals surface area contributed by atoms with Crippen LogP contribution in [-0.4, -0.2) is 41.6 Å². The van der Waals surface area contributed by atoms with E-state index in [1.165, 1.54) is 18.6 Å². The minimum Gasteiger partial charge on any atom is -0.506 e. The van der Waals surface area contributed by atoms with Crippen molar-refractivity contribution in [3.63, 3.8) is 0 Å². The van der Waals surface area contributed by atoms with Gasteiger partial charge in [-0.05, 0) is 44.5 Å². The Morgan fingerprint density at radius 1 is 1.58 bits per heavy atom. The molecule has 1 fully saturated rings. The third-order valence-corrected chi connectivity index (χ3v) is 3.77. The lowest BCUT2D eigenvalue weighted by Gasteiger charge is -2.24. The van der Waals surface area contributed by atoms with Gasteiger partial charge in [-0.25, -0.2) is 0 Å². The topological polar surface area (TPSA) is 52.6 Å². The molecule has 0 aromatic heterocycles. The van der Waals surface area contributed by atoms with Gasteiger partial charge in [0.05, 0.1) is 5.02 Å². The van der Waals surface area contributed by atoms with E-state index in [1.807, 2.05) is 11.8 Å². The summed E-state index contributed by atoms with van der Waals surface area (Å²) in [4.78, 5) is 14.2. The second kappa shape index (κ2) is 6.26. The zero-order valence-electron chi connectivity index (χ0n) is 11.0. The maximum atomic E-state index is 12.4. The van der Waals surface area contributed by atoms with E-state index in [9.17, 15) is 9.90 Å². The summed E-state index contributed by atoms with van der Waals surface area (Å²) >= 11 is 5.84. The number of rotatable bonds is 4. The van der Waals surface area contributed by atoms with E-state index in [1.54, 1.807) is 6.07 Å². The Hall–Kier alpha value is -1.26. The summed E-state index contributed by atoms with van der Waals surface area (Å²) in [6, 6.07) is 4.96. The van der Waals surface area contributed by atoms with Crippen molar-refractivity contribution in [2.45, 2.75) is 25.8 Å². The third-order valence-electron chi connectivity index (χ3n) is 3.47. The Morgan fingerprint density at radius 3 is 2.95 bits per heavy atom. The zero-order valence-corrected chi connectivity index (χ0v) is 11.8. The number of nitrogens with zero attached hydrogens (tertiary/aromatic N) is 1. The molecule has 1 aliphatic rings. The van der Waals surface area contributed by atoms with Gasteiger partial charge in [0.15, 0.2) is 0 Å². The lowest BCUT2D eigenvalue weighted by atomic mass is 10.1. The van der Waals surface area contributed by atoms with Crippen LogP contribution in [0.25, 0.3) is 0 Å². The molecule has 104 valence electrons. The summed E-state index contributed by atoms with van der Waals surface area (Å²) in [6.07, 6.45) is 2.28. The van der Waals surface area contributed by atoms with Crippen molar-refractivity contribution in [2.75, 3.05) is 19.6 Å². The van der Waals surface area contributed by atoms with Crippen LogP contribution >= 0.6 is 11.6 Å². The number of amides is 1. The maximum absolute atomic E-state index is 12.4.